The number of benzene rings is 1. The summed E-state index contributed by atoms with van der Waals surface area (Å²) in [6.45, 7) is 5.98. The molecule has 0 saturated carbocycles. The van der Waals surface area contributed by atoms with Crippen molar-refractivity contribution in [3.63, 3.8) is 0 Å². The van der Waals surface area contributed by atoms with Gasteiger partial charge < -0.3 is 15.4 Å². The van der Waals surface area contributed by atoms with E-state index < -0.39 is 5.54 Å². The van der Waals surface area contributed by atoms with Gasteiger partial charge in [0.05, 0.1) is 6.61 Å². The Morgan fingerprint density at radius 3 is 2.84 bits per heavy atom. The summed E-state index contributed by atoms with van der Waals surface area (Å²) in [5.41, 5.74) is 0.340. The fraction of sp³-hybridized carbons (Fsp3) is 0.533. The monoisotopic (exact) mass is 262 g/mol. The van der Waals surface area contributed by atoms with Crippen LogP contribution in [0.4, 0.5) is 5.69 Å². The molecule has 0 aliphatic carbocycles. The molecular formula is C15H22N2O2. The number of nitrogens with one attached hydrogen (secondary N) is 2. The number of carbonyl (C=O) groups excluding carboxylic acids is 1. The Balaban J connectivity index is 2.25. The van der Waals surface area contributed by atoms with Crippen LogP contribution in [0, 0.1) is 5.92 Å². The first kappa shape index (κ1) is 13.9. The van der Waals surface area contributed by atoms with Crippen LogP contribution in [0.25, 0.3) is 0 Å². The third-order valence-electron chi connectivity index (χ3n) is 3.77. The van der Waals surface area contributed by atoms with E-state index in [-0.39, 0.29) is 11.9 Å². The Morgan fingerprint density at radius 2 is 2.21 bits per heavy atom. The lowest BCUT2D eigenvalue weighted by Gasteiger charge is -2.41. The fourth-order valence-corrected chi connectivity index (χ4v) is 2.60. The number of para-hydroxylation sites is 1. The predicted octanol–water partition coefficient (Wildman–Crippen LogP) is 2.03. The lowest BCUT2D eigenvalue weighted by Crippen LogP contribution is -2.59. The standard InChI is InChI=1S/C15H22N2O2/c1-3-19-14(18)15(9-10-16-11-12(15)2)17-13-7-5-4-6-8-13/h4-8,12,16-17H,3,9-11H2,1-2H3. The Labute approximate surface area is 114 Å². The van der Waals surface area contributed by atoms with Crippen molar-refractivity contribution in [1.29, 1.82) is 0 Å². The van der Waals surface area contributed by atoms with Crippen molar-refractivity contribution in [3.8, 4) is 0 Å². The van der Waals surface area contributed by atoms with Crippen LogP contribution in [-0.2, 0) is 9.53 Å². The van der Waals surface area contributed by atoms with Crippen molar-refractivity contribution in [3.05, 3.63) is 30.3 Å². The zero-order valence-corrected chi connectivity index (χ0v) is 11.6. The second-order valence-electron chi connectivity index (χ2n) is 5.04. The normalized spacial score (nSPS) is 26.7. The van der Waals surface area contributed by atoms with E-state index in [4.69, 9.17) is 4.74 Å². The second-order valence-corrected chi connectivity index (χ2v) is 5.04. The van der Waals surface area contributed by atoms with Crippen LogP contribution in [0.5, 0.6) is 0 Å². The smallest absolute Gasteiger partial charge is 0.332 e. The summed E-state index contributed by atoms with van der Waals surface area (Å²) >= 11 is 0. The Kier molecular flexibility index (Phi) is 4.43. The zero-order valence-electron chi connectivity index (χ0n) is 11.6. The van der Waals surface area contributed by atoms with Gasteiger partial charge in [0.15, 0.2) is 0 Å². The van der Waals surface area contributed by atoms with E-state index in [0.717, 1.165) is 25.2 Å². The highest BCUT2D eigenvalue weighted by Crippen LogP contribution is 2.30. The molecule has 1 saturated heterocycles. The van der Waals surface area contributed by atoms with Crippen molar-refractivity contribution in [2.45, 2.75) is 25.8 Å². The molecule has 4 nitrogen and oxygen atoms in total. The summed E-state index contributed by atoms with van der Waals surface area (Å²) in [7, 11) is 0. The molecule has 1 heterocycles. The first-order chi connectivity index (χ1) is 9.19. The first-order valence-corrected chi connectivity index (χ1v) is 6.90. The van der Waals surface area contributed by atoms with Crippen molar-refractivity contribution >= 4 is 11.7 Å². The first-order valence-electron chi connectivity index (χ1n) is 6.90. The molecule has 2 atom stereocenters. The number of ether oxygens (including phenoxy) is 1. The number of esters is 1. The molecular weight excluding hydrogens is 240 g/mol. The van der Waals surface area contributed by atoms with Gasteiger partial charge in [0.2, 0.25) is 0 Å². The summed E-state index contributed by atoms with van der Waals surface area (Å²) in [6, 6.07) is 9.86. The van der Waals surface area contributed by atoms with E-state index in [0.29, 0.717) is 6.61 Å². The topological polar surface area (TPSA) is 50.4 Å². The van der Waals surface area contributed by atoms with Gasteiger partial charge in [-0.3, -0.25) is 0 Å². The van der Waals surface area contributed by atoms with E-state index >= 15 is 0 Å². The van der Waals surface area contributed by atoms with E-state index in [1.165, 1.54) is 0 Å². The van der Waals surface area contributed by atoms with Crippen molar-refractivity contribution in [2.24, 2.45) is 5.92 Å². The predicted molar refractivity (Wildman–Crippen MR) is 76.1 cm³/mol. The molecule has 2 unspecified atom stereocenters. The van der Waals surface area contributed by atoms with Crippen LogP contribution in [0.2, 0.25) is 0 Å². The van der Waals surface area contributed by atoms with Gasteiger partial charge in [0.25, 0.3) is 0 Å². The number of hydrogen-bond acceptors (Lipinski definition) is 4. The van der Waals surface area contributed by atoms with E-state index in [2.05, 4.69) is 17.6 Å². The minimum atomic E-state index is -0.622. The molecule has 2 rings (SSSR count). The van der Waals surface area contributed by atoms with Crippen LogP contribution in [0.15, 0.2) is 30.3 Å². The van der Waals surface area contributed by atoms with Crippen LogP contribution in [0.1, 0.15) is 20.3 Å². The maximum absolute atomic E-state index is 12.4. The third-order valence-corrected chi connectivity index (χ3v) is 3.77. The summed E-state index contributed by atoms with van der Waals surface area (Å²) in [5, 5.41) is 6.74. The third kappa shape index (κ3) is 2.89. The van der Waals surface area contributed by atoms with Gasteiger partial charge in [-0.05, 0) is 32.0 Å². The van der Waals surface area contributed by atoms with Gasteiger partial charge in [-0.2, -0.15) is 0 Å². The fourth-order valence-electron chi connectivity index (χ4n) is 2.60. The van der Waals surface area contributed by atoms with Gasteiger partial charge in [0, 0.05) is 18.2 Å². The van der Waals surface area contributed by atoms with Crippen LogP contribution >= 0.6 is 0 Å². The lowest BCUT2D eigenvalue weighted by molar-refractivity contribution is -0.151. The highest BCUT2D eigenvalue weighted by molar-refractivity contribution is 5.85. The molecule has 1 aromatic rings. The minimum Gasteiger partial charge on any atom is -0.464 e. The highest BCUT2D eigenvalue weighted by Gasteiger charge is 2.46. The quantitative estimate of drug-likeness (QED) is 0.815. The Morgan fingerprint density at radius 1 is 1.47 bits per heavy atom. The molecule has 2 N–H and O–H groups in total. The van der Waals surface area contributed by atoms with Gasteiger partial charge in [-0.25, -0.2) is 4.79 Å². The Bertz CT molecular complexity index is 421. The van der Waals surface area contributed by atoms with Crippen molar-refractivity contribution < 1.29 is 9.53 Å². The van der Waals surface area contributed by atoms with E-state index in [9.17, 15) is 4.79 Å². The number of piperidine rings is 1. The molecule has 104 valence electrons. The summed E-state index contributed by atoms with van der Waals surface area (Å²) in [6.07, 6.45) is 0.738. The molecule has 1 aliphatic heterocycles. The average Bonchev–Trinajstić information content (AvgIpc) is 2.43. The highest BCUT2D eigenvalue weighted by atomic mass is 16.5. The van der Waals surface area contributed by atoms with Crippen LogP contribution in [0.3, 0.4) is 0 Å². The Hall–Kier alpha value is -1.55. The maximum Gasteiger partial charge on any atom is 0.332 e. The molecule has 4 heteroatoms. The average molecular weight is 262 g/mol. The molecule has 0 radical (unpaired) electrons. The van der Waals surface area contributed by atoms with Crippen LogP contribution in [-0.4, -0.2) is 31.2 Å². The molecule has 1 fully saturated rings. The van der Waals surface area contributed by atoms with Gasteiger partial charge >= 0.3 is 5.97 Å². The van der Waals surface area contributed by atoms with E-state index in [1.807, 2.05) is 37.3 Å². The van der Waals surface area contributed by atoms with Crippen molar-refractivity contribution in [1.82, 2.24) is 5.32 Å². The number of anilines is 1. The zero-order chi connectivity index (χ0) is 13.7. The molecule has 0 bridgehead atoms. The number of carbonyl (C=O) groups is 1. The molecule has 0 spiro atoms. The maximum atomic E-state index is 12.4. The molecule has 1 aliphatic rings. The number of hydrogen-bond donors (Lipinski definition) is 2. The minimum absolute atomic E-state index is 0.146. The largest absolute Gasteiger partial charge is 0.464 e. The van der Waals surface area contributed by atoms with Crippen LogP contribution < -0.4 is 10.6 Å². The van der Waals surface area contributed by atoms with Crippen molar-refractivity contribution in [2.75, 3.05) is 25.0 Å². The molecule has 0 aromatic heterocycles. The SMILES string of the molecule is CCOC(=O)C1(Nc2ccccc2)CCNCC1C. The second kappa shape index (κ2) is 6.06. The summed E-state index contributed by atoms with van der Waals surface area (Å²) in [4.78, 5) is 12.4. The van der Waals surface area contributed by atoms with E-state index in [1.54, 1.807) is 0 Å². The summed E-state index contributed by atoms with van der Waals surface area (Å²) < 4.78 is 5.30. The van der Waals surface area contributed by atoms with Gasteiger partial charge in [-0.1, -0.05) is 25.1 Å². The summed E-state index contributed by atoms with van der Waals surface area (Å²) in [5.74, 6) is 0.0355. The number of rotatable bonds is 4. The lowest BCUT2D eigenvalue weighted by atomic mass is 9.79. The van der Waals surface area contributed by atoms with Gasteiger partial charge in [-0.15, -0.1) is 0 Å². The molecule has 1 aromatic carbocycles. The van der Waals surface area contributed by atoms with Gasteiger partial charge in [0.1, 0.15) is 5.54 Å². The molecule has 0 amide bonds. The molecule has 19 heavy (non-hydrogen) atoms.